The average molecular weight is 747 g/mol. The summed E-state index contributed by atoms with van der Waals surface area (Å²) in [5.41, 5.74) is 0. The van der Waals surface area contributed by atoms with Gasteiger partial charge in [0.05, 0.1) is 0 Å². The van der Waals surface area contributed by atoms with Gasteiger partial charge in [-0.25, -0.2) is 0 Å². The molecule has 0 radical (unpaired) electrons. The second kappa shape index (κ2) is 14.8. The fourth-order valence-electron chi connectivity index (χ4n) is 2.49. The summed E-state index contributed by atoms with van der Waals surface area (Å²) in [6, 6.07) is 22.1. The molecule has 0 aromatic heterocycles. The van der Waals surface area contributed by atoms with Crippen LogP contribution in [-0.2, 0) is 14.4 Å². The summed E-state index contributed by atoms with van der Waals surface area (Å²) in [5, 5.41) is 0. The molecule has 3 rings (SSSR count). The van der Waals surface area contributed by atoms with E-state index in [4.69, 9.17) is 14.2 Å². The first-order chi connectivity index (χ1) is 17.9. The van der Waals surface area contributed by atoms with E-state index in [1.807, 2.05) is 62.0 Å². The van der Waals surface area contributed by atoms with Crippen molar-refractivity contribution in [2.75, 3.05) is 0 Å². The number of hydrogen-bond acceptors (Lipinski definition) is 9. The minimum absolute atomic E-state index is 0.454. The average Bonchev–Trinajstić information content (AvgIpc) is 2.91. The van der Waals surface area contributed by atoms with Crippen LogP contribution in [0.15, 0.2) is 125 Å². The molecule has 0 fully saturated rings. The minimum atomic E-state index is -2.46. The van der Waals surface area contributed by atoms with Crippen molar-refractivity contribution in [3.8, 4) is 17.2 Å². The summed E-state index contributed by atoms with van der Waals surface area (Å²) in [7, 11) is 5.46. The molecule has 3 aromatic carbocycles. The Bertz CT molecular complexity index is 1110. The van der Waals surface area contributed by atoms with E-state index >= 15 is 0 Å². The summed E-state index contributed by atoms with van der Waals surface area (Å²) in [6.07, 6.45) is 3.36. The third-order valence-corrected chi connectivity index (χ3v) is 30.4. The van der Waals surface area contributed by atoms with Crippen molar-refractivity contribution in [1.29, 1.82) is 0 Å². The number of rotatable bonds is 12. The molecule has 0 aliphatic carbocycles. The van der Waals surface area contributed by atoms with Crippen LogP contribution in [0.1, 0.15) is 0 Å². The van der Waals surface area contributed by atoms with Crippen LogP contribution in [-0.4, -0.2) is 35.3 Å². The van der Waals surface area contributed by atoms with Gasteiger partial charge in [0.15, 0.2) is 0 Å². The number of esters is 3. The summed E-state index contributed by atoms with van der Waals surface area (Å²) in [4.78, 5) is 37.5. The zero-order valence-corrected chi connectivity index (χ0v) is 25.3. The van der Waals surface area contributed by atoms with Crippen LogP contribution >= 0.6 is 25.6 Å². The Hall–Kier alpha value is -2.78. The third-order valence-electron chi connectivity index (χ3n) is 4.17. The van der Waals surface area contributed by atoms with E-state index in [-0.39, 0.29) is 0 Å². The van der Waals surface area contributed by atoms with Gasteiger partial charge in [0, 0.05) is 0 Å². The zero-order chi connectivity index (χ0) is 26.6. The second-order valence-corrected chi connectivity index (χ2v) is 32.6. The van der Waals surface area contributed by atoms with E-state index in [1.54, 1.807) is 36.4 Å². The molecule has 3 aromatic rings. The van der Waals surface area contributed by atoms with Crippen LogP contribution in [0.5, 0.6) is 17.2 Å². The summed E-state index contributed by atoms with van der Waals surface area (Å²) < 4.78 is 15.5. The molecule has 6 nitrogen and oxygen atoms in total. The van der Waals surface area contributed by atoms with E-state index in [1.165, 1.54) is 0 Å². The second-order valence-electron chi connectivity index (χ2n) is 6.79. The van der Waals surface area contributed by atoms with Crippen LogP contribution in [0.4, 0.5) is 0 Å². The van der Waals surface area contributed by atoms with Crippen molar-refractivity contribution >= 4 is 60.8 Å². The molecular formula is C27H21BiO6S3. The SMILES string of the molecule is C=CC(=O)Oc1ccc([S][Bi]([S]c2ccc(OC(=O)C=C)cc2)[S]c2ccc(OC(=O)C=C)cc2)cc1. The number of carbonyl (C=O) groups is 3. The van der Waals surface area contributed by atoms with E-state index < -0.39 is 35.3 Å². The molecule has 0 amide bonds. The molecule has 0 spiro atoms. The Balaban J connectivity index is 1.75. The molecule has 10 heteroatoms. The summed E-state index contributed by atoms with van der Waals surface area (Å²) in [5.74, 6) is -0.160. The quantitative estimate of drug-likeness (QED) is 0.0880. The number of hydrogen-bond donors (Lipinski definition) is 0. The Morgan fingerprint density at radius 3 is 0.973 bits per heavy atom. The molecule has 0 heterocycles. The van der Waals surface area contributed by atoms with Crippen molar-refractivity contribution in [3.63, 3.8) is 0 Å². The van der Waals surface area contributed by atoms with E-state index in [9.17, 15) is 14.4 Å². The van der Waals surface area contributed by atoms with Gasteiger partial charge in [-0.05, 0) is 0 Å². The van der Waals surface area contributed by atoms with Crippen molar-refractivity contribution < 1.29 is 28.6 Å². The normalized spacial score (nSPS) is 10.3. The van der Waals surface area contributed by atoms with Crippen molar-refractivity contribution in [3.05, 3.63) is 111 Å². The Labute approximate surface area is 230 Å². The summed E-state index contributed by atoms with van der Waals surface area (Å²) >= 11 is -2.46. The van der Waals surface area contributed by atoms with Crippen LogP contribution in [0.25, 0.3) is 0 Å². The van der Waals surface area contributed by atoms with Crippen molar-refractivity contribution in [2.45, 2.75) is 14.7 Å². The maximum atomic E-state index is 11.4. The zero-order valence-electron chi connectivity index (χ0n) is 19.4. The molecule has 0 bridgehead atoms. The predicted molar refractivity (Wildman–Crippen MR) is 150 cm³/mol. The number of carbonyl (C=O) groups excluding carboxylic acids is 3. The monoisotopic (exact) mass is 746 g/mol. The van der Waals surface area contributed by atoms with Crippen molar-refractivity contribution in [2.24, 2.45) is 0 Å². The van der Waals surface area contributed by atoms with Gasteiger partial charge in [-0.3, -0.25) is 0 Å². The molecule has 0 saturated carbocycles. The Kier molecular flexibility index (Phi) is 11.5. The van der Waals surface area contributed by atoms with Crippen LogP contribution < -0.4 is 14.2 Å². The van der Waals surface area contributed by atoms with Crippen molar-refractivity contribution in [1.82, 2.24) is 0 Å². The predicted octanol–water partition coefficient (Wildman–Crippen LogP) is 6.62. The van der Waals surface area contributed by atoms with Gasteiger partial charge in [-0.1, -0.05) is 0 Å². The van der Waals surface area contributed by atoms with Crippen LogP contribution in [0.3, 0.4) is 0 Å². The third kappa shape index (κ3) is 9.89. The molecule has 0 unspecified atom stereocenters. The molecular weight excluding hydrogens is 725 g/mol. The molecule has 0 saturated heterocycles. The number of ether oxygens (including phenoxy) is 3. The fourth-order valence-corrected chi connectivity index (χ4v) is 32.0. The molecule has 0 aliphatic rings. The molecule has 188 valence electrons. The van der Waals surface area contributed by atoms with E-state index in [0.717, 1.165) is 32.9 Å². The van der Waals surface area contributed by atoms with Gasteiger partial charge >= 0.3 is 232 Å². The maximum absolute atomic E-state index is 11.4. The summed E-state index contributed by atoms with van der Waals surface area (Å²) in [6.45, 7) is 10.2. The van der Waals surface area contributed by atoms with Gasteiger partial charge in [0.25, 0.3) is 0 Å². The first-order valence-corrected chi connectivity index (χ1v) is 25.6. The van der Waals surface area contributed by atoms with E-state index in [2.05, 4.69) is 19.7 Å². The van der Waals surface area contributed by atoms with Crippen LogP contribution in [0.2, 0.25) is 0 Å². The molecule has 37 heavy (non-hydrogen) atoms. The Morgan fingerprint density at radius 1 is 0.514 bits per heavy atom. The van der Waals surface area contributed by atoms with Gasteiger partial charge in [0.1, 0.15) is 0 Å². The van der Waals surface area contributed by atoms with Gasteiger partial charge in [-0.2, -0.15) is 0 Å². The standard InChI is InChI=1S/3C9H8O2S.Bi/c3*1-2-9(10)11-7-3-5-8(12)6-4-7;/h3*2-6,12H,1H2;/q;;;+3/p-3. The van der Waals surface area contributed by atoms with Gasteiger partial charge in [-0.15, -0.1) is 0 Å². The number of benzene rings is 3. The topological polar surface area (TPSA) is 78.9 Å². The van der Waals surface area contributed by atoms with Gasteiger partial charge < -0.3 is 0 Å². The van der Waals surface area contributed by atoms with Crippen LogP contribution in [0, 0.1) is 0 Å². The molecule has 0 atom stereocenters. The fraction of sp³-hybridized carbons (Fsp3) is 0. The van der Waals surface area contributed by atoms with E-state index in [0.29, 0.717) is 17.2 Å². The van der Waals surface area contributed by atoms with Gasteiger partial charge in [0.2, 0.25) is 0 Å². The molecule has 0 N–H and O–H groups in total. The molecule has 0 aliphatic heterocycles. The first kappa shape index (κ1) is 28.8. The first-order valence-electron chi connectivity index (χ1n) is 10.6. The Morgan fingerprint density at radius 2 is 0.757 bits per heavy atom.